The van der Waals surface area contributed by atoms with Crippen molar-refractivity contribution in [2.24, 2.45) is 0 Å². The summed E-state index contributed by atoms with van der Waals surface area (Å²) in [6.07, 6.45) is 5.49. The maximum Gasteiger partial charge on any atom is 0.215 e. The molecule has 10 heteroatoms. The lowest BCUT2D eigenvalue weighted by atomic mass is 10.1. The highest BCUT2D eigenvalue weighted by atomic mass is 16.5. The van der Waals surface area contributed by atoms with Gasteiger partial charge < -0.3 is 29.9 Å². The lowest BCUT2D eigenvalue weighted by Gasteiger charge is -2.35. The van der Waals surface area contributed by atoms with Crippen LogP contribution in [-0.2, 0) is 4.74 Å². The van der Waals surface area contributed by atoms with E-state index in [9.17, 15) is 10.4 Å². The summed E-state index contributed by atoms with van der Waals surface area (Å²) in [6, 6.07) is 16.2. The van der Waals surface area contributed by atoms with Gasteiger partial charge in [0, 0.05) is 70.8 Å². The molecular formula is C30H35N8O2+. The fourth-order valence-electron chi connectivity index (χ4n) is 5.66. The van der Waals surface area contributed by atoms with Crippen LogP contribution in [0.25, 0.3) is 10.9 Å². The third kappa shape index (κ3) is 5.57. The van der Waals surface area contributed by atoms with Crippen molar-refractivity contribution in [1.29, 1.82) is 5.26 Å². The molecule has 2 aromatic heterocycles. The Labute approximate surface area is 234 Å². The Kier molecular flexibility index (Phi) is 7.49. The molecular weight excluding hydrogens is 504 g/mol. The maximum atomic E-state index is 10.2. The van der Waals surface area contributed by atoms with Crippen LogP contribution in [0.3, 0.4) is 0 Å². The van der Waals surface area contributed by atoms with Gasteiger partial charge in [0.1, 0.15) is 17.7 Å². The van der Waals surface area contributed by atoms with Crippen molar-refractivity contribution in [2.45, 2.75) is 19.1 Å². The van der Waals surface area contributed by atoms with Crippen LogP contribution in [0.1, 0.15) is 12.5 Å². The zero-order valence-corrected chi connectivity index (χ0v) is 22.8. The minimum Gasteiger partial charge on any atom is -0.477 e. The third-order valence-corrected chi connectivity index (χ3v) is 7.61. The molecule has 0 saturated carbocycles. The van der Waals surface area contributed by atoms with E-state index in [2.05, 4.69) is 60.2 Å². The highest BCUT2D eigenvalue weighted by Crippen LogP contribution is 2.29. The van der Waals surface area contributed by atoms with Gasteiger partial charge in [-0.2, -0.15) is 9.84 Å². The van der Waals surface area contributed by atoms with E-state index < -0.39 is 6.10 Å². The number of ether oxygens (including phenoxy) is 1. The number of β-amino-alcohol motifs (C(OH)–C–C–N with tert-alkyl or cyclic N) is 1. The summed E-state index contributed by atoms with van der Waals surface area (Å²) < 4.78 is 8.41. The molecule has 6 rings (SSSR count). The molecule has 3 aliphatic heterocycles. The summed E-state index contributed by atoms with van der Waals surface area (Å²) >= 11 is 0. The Morgan fingerprint density at radius 2 is 1.90 bits per heavy atom. The molecule has 3 aliphatic rings. The number of nitrogens with one attached hydrogen (secondary N) is 1. The standard InChI is InChI=1S/C30H35N8O2/c1-22-18-38(27-8-7-23(16-31)30-26(27)4-3-9-33-30)21-25(40-22)20-35-12-14-36(15-13-35)28-5-2-6-29(34-28)37-11-10-32-17-24(39)19-37/h2-9,18,20,22,24,32,39H,10-15,17,19,21H2,1H3/q+1/b25-20+/t22-,24?/m1/s1. The quantitative estimate of drug-likeness (QED) is 0.482. The number of nitrogens with zero attached hydrogens (tertiary/aromatic N) is 7. The number of fused-ring (bicyclic) bond motifs is 1. The largest absolute Gasteiger partial charge is 0.477 e. The number of pyridine rings is 2. The Hall–Kier alpha value is -4.20. The van der Waals surface area contributed by atoms with Gasteiger partial charge in [-0.25, -0.2) is 4.98 Å². The van der Waals surface area contributed by atoms with E-state index in [4.69, 9.17) is 9.72 Å². The fraction of sp³-hybridized carbons (Fsp3) is 0.400. The highest BCUT2D eigenvalue weighted by molar-refractivity contribution is 5.92. The Bertz CT molecular complexity index is 1470. The number of hydrogen-bond donors (Lipinski definition) is 2. The fourth-order valence-corrected chi connectivity index (χ4v) is 5.66. The molecule has 0 spiro atoms. The van der Waals surface area contributed by atoms with Crippen LogP contribution in [0.15, 0.2) is 60.6 Å². The van der Waals surface area contributed by atoms with Gasteiger partial charge in [0.25, 0.3) is 0 Å². The topological polar surface area (TPSA) is 104 Å². The molecule has 2 N–H and O–H groups in total. The first kappa shape index (κ1) is 26.0. The number of aromatic nitrogens is 2. The maximum absolute atomic E-state index is 10.2. The highest BCUT2D eigenvalue weighted by Gasteiger charge is 2.27. The molecule has 3 aromatic rings. The number of benzene rings is 1. The van der Waals surface area contributed by atoms with E-state index in [-0.39, 0.29) is 6.10 Å². The Morgan fingerprint density at radius 3 is 2.73 bits per heavy atom. The first-order chi connectivity index (χ1) is 19.6. The minimum absolute atomic E-state index is 0.0803. The number of aliphatic hydroxyl groups is 1. The number of aliphatic hydroxyl groups excluding tert-OH is 1. The molecule has 0 aliphatic carbocycles. The molecule has 0 radical (unpaired) electrons. The molecule has 2 fully saturated rings. The average molecular weight is 540 g/mol. The van der Waals surface area contributed by atoms with E-state index in [1.807, 2.05) is 37.3 Å². The number of hydrogen-bond acceptors (Lipinski definition) is 9. The van der Waals surface area contributed by atoms with Crippen LogP contribution in [0.5, 0.6) is 0 Å². The SMILES string of the molecule is C[C@@H]1C=[N+](c2ccc(C#N)c3ncccc23)C/C(=C\N2CCN(c3cccc(N4CCNCC(O)C4)n3)CC2)O1. The molecule has 40 heavy (non-hydrogen) atoms. The average Bonchev–Trinajstić information content (AvgIpc) is 3.21. The molecule has 10 nitrogen and oxygen atoms in total. The predicted molar refractivity (Wildman–Crippen MR) is 155 cm³/mol. The van der Waals surface area contributed by atoms with Gasteiger partial charge in [0.05, 0.1) is 22.6 Å². The Balaban J connectivity index is 1.13. The van der Waals surface area contributed by atoms with Crippen LogP contribution >= 0.6 is 0 Å². The van der Waals surface area contributed by atoms with E-state index >= 15 is 0 Å². The summed E-state index contributed by atoms with van der Waals surface area (Å²) in [5, 5.41) is 23.9. The van der Waals surface area contributed by atoms with Gasteiger partial charge in [0.15, 0.2) is 18.1 Å². The zero-order chi connectivity index (χ0) is 27.5. The molecule has 5 heterocycles. The van der Waals surface area contributed by atoms with Crippen molar-refractivity contribution in [3.63, 3.8) is 0 Å². The van der Waals surface area contributed by atoms with Crippen LogP contribution < -0.4 is 15.1 Å². The van der Waals surface area contributed by atoms with Crippen molar-refractivity contribution in [3.8, 4) is 6.07 Å². The van der Waals surface area contributed by atoms with Crippen LogP contribution in [-0.4, -0.2) is 102 Å². The van der Waals surface area contributed by atoms with Crippen molar-refractivity contribution < 1.29 is 14.4 Å². The van der Waals surface area contributed by atoms with Crippen molar-refractivity contribution in [2.75, 3.05) is 68.7 Å². The van der Waals surface area contributed by atoms with Gasteiger partial charge in [0.2, 0.25) is 12.2 Å². The normalized spacial score (nSPS) is 23.0. The predicted octanol–water partition coefficient (Wildman–Crippen LogP) is 2.07. The monoisotopic (exact) mass is 539 g/mol. The number of rotatable bonds is 4. The molecule has 1 unspecified atom stereocenters. The van der Waals surface area contributed by atoms with Crippen molar-refractivity contribution >= 4 is 34.4 Å². The van der Waals surface area contributed by atoms with Crippen LogP contribution in [0.2, 0.25) is 0 Å². The second kappa shape index (κ2) is 11.5. The summed E-state index contributed by atoms with van der Waals surface area (Å²) in [7, 11) is 0. The van der Waals surface area contributed by atoms with Crippen molar-refractivity contribution in [1.82, 2.24) is 20.2 Å². The summed E-state index contributed by atoms with van der Waals surface area (Å²) in [5.74, 6) is 2.80. The lowest BCUT2D eigenvalue weighted by Crippen LogP contribution is -2.45. The number of anilines is 2. The van der Waals surface area contributed by atoms with E-state index in [1.54, 1.807) is 6.20 Å². The minimum atomic E-state index is -0.393. The van der Waals surface area contributed by atoms with Gasteiger partial charge in [-0.1, -0.05) is 6.07 Å². The van der Waals surface area contributed by atoms with E-state index in [0.29, 0.717) is 25.2 Å². The number of piperazine rings is 1. The van der Waals surface area contributed by atoms with Gasteiger partial charge in [-0.15, -0.1) is 0 Å². The van der Waals surface area contributed by atoms with Gasteiger partial charge in [-0.3, -0.25) is 4.98 Å². The van der Waals surface area contributed by atoms with Crippen LogP contribution in [0.4, 0.5) is 17.3 Å². The smallest absolute Gasteiger partial charge is 0.215 e. The number of nitriles is 1. The van der Waals surface area contributed by atoms with E-state index in [1.165, 1.54) is 0 Å². The first-order valence-corrected chi connectivity index (χ1v) is 13.9. The zero-order valence-electron chi connectivity index (χ0n) is 22.8. The molecule has 0 bridgehead atoms. The molecule has 1 aromatic carbocycles. The lowest BCUT2D eigenvalue weighted by molar-refractivity contribution is -0.440. The molecule has 2 atom stereocenters. The summed E-state index contributed by atoms with van der Waals surface area (Å²) in [6.45, 7) is 8.99. The van der Waals surface area contributed by atoms with Gasteiger partial charge >= 0.3 is 0 Å². The third-order valence-electron chi connectivity index (χ3n) is 7.61. The Morgan fingerprint density at radius 1 is 1.07 bits per heavy atom. The second-order valence-electron chi connectivity index (χ2n) is 10.5. The van der Waals surface area contributed by atoms with Crippen LogP contribution in [0, 0.1) is 11.3 Å². The first-order valence-electron chi connectivity index (χ1n) is 13.9. The summed E-state index contributed by atoms with van der Waals surface area (Å²) in [4.78, 5) is 16.2. The van der Waals surface area contributed by atoms with E-state index in [0.717, 1.165) is 73.3 Å². The summed E-state index contributed by atoms with van der Waals surface area (Å²) in [5.41, 5.74) is 2.32. The molecule has 2 saturated heterocycles. The molecule has 0 amide bonds. The second-order valence-corrected chi connectivity index (χ2v) is 10.5. The van der Waals surface area contributed by atoms with Crippen molar-refractivity contribution in [3.05, 3.63) is 66.2 Å². The van der Waals surface area contributed by atoms with Gasteiger partial charge in [-0.05, 0) is 37.3 Å². The molecule has 206 valence electrons.